The summed E-state index contributed by atoms with van der Waals surface area (Å²) in [6.45, 7) is 5.39. The molecule has 2 rings (SSSR count). The number of rotatable bonds is 6. The van der Waals surface area contributed by atoms with Gasteiger partial charge in [0.2, 0.25) is 0 Å². The lowest BCUT2D eigenvalue weighted by Gasteiger charge is -2.14. The molecule has 0 aliphatic carbocycles. The van der Waals surface area contributed by atoms with Crippen LogP contribution < -0.4 is 15.2 Å². The molecule has 0 aromatic heterocycles. The van der Waals surface area contributed by atoms with Crippen LogP contribution in [0.3, 0.4) is 0 Å². The van der Waals surface area contributed by atoms with E-state index in [4.69, 9.17) is 15.2 Å². The van der Waals surface area contributed by atoms with Crippen molar-refractivity contribution in [1.29, 1.82) is 0 Å². The number of hydrogen-bond acceptors (Lipinski definition) is 3. The van der Waals surface area contributed by atoms with Crippen LogP contribution in [-0.4, -0.2) is 6.61 Å². The molecular weight excluding hydrogens is 250 g/mol. The van der Waals surface area contributed by atoms with Gasteiger partial charge in [0.1, 0.15) is 6.61 Å². The van der Waals surface area contributed by atoms with E-state index in [1.165, 1.54) is 0 Å². The standard InChI is InChI=1S/C17H21NO2/c1-13(2)11-19-16-9-8-15(18)10-17(16)20-12-14-6-4-3-5-7-14/h3-10,13H,11-12,18H2,1-2H3. The maximum Gasteiger partial charge on any atom is 0.163 e. The molecule has 0 atom stereocenters. The van der Waals surface area contributed by atoms with Crippen molar-refractivity contribution in [2.24, 2.45) is 5.92 Å². The first-order valence-electron chi connectivity index (χ1n) is 6.84. The molecule has 0 aliphatic heterocycles. The molecule has 2 N–H and O–H groups in total. The molecule has 0 saturated heterocycles. The Morgan fingerprint density at radius 1 is 0.950 bits per heavy atom. The van der Waals surface area contributed by atoms with Crippen molar-refractivity contribution >= 4 is 5.69 Å². The molecular formula is C17H21NO2. The summed E-state index contributed by atoms with van der Waals surface area (Å²) in [6.07, 6.45) is 0. The Morgan fingerprint density at radius 2 is 1.70 bits per heavy atom. The second-order valence-electron chi connectivity index (χ2n) is 5.19. The van der Waals surface area contributed by atoms with Gasteiger partial charge in [0.25, 0.3) is 0 Å². The van der Waals surface area contributed by atoms with E-state index in [0.717, 1.165) is 11.3 Å². The molecule has 106 valence electrons. The number of anilines is 1. The lowest BCUT2D eigenvalue weighted by Crippen LogP contribution is -2.06. The van der Waals surface area contributed by atoms with Gasteiger partial charge < -0.3 is 15.2 Å². The topological polar surface area (TPSA) is 44.5 Å². The summed E-state index contributed by atoms with van der Waals surface area (Å²) in [5.74, 6) is 1.90. The summed E-state index contributed by atoms with van der Waals surface area (Å²) in [5, 5.41) is 0. The van der Waals surface area contributed by atoms with Crippen LogP contribution in [0.1, 0.15) is 19.4 Å². The number of nitrogen functional groups attached to an aromatic ring is 1. The highest BCUT2D eigenvalue weighted by Crippen LogP contribution is 2.30. The number of hydrogen-bond donors (Lipinski definition) is 1. The van der Waals surface area contributed by atoms with Gasteiger partial charge in [-0.2, -0.15) is 0 Å². The number of ether oxygens (including phenoxy) is 2. The molecule has 0 amide bonds. The second kappa shape index (κ2) is 6.85. The van der Waals surface area contributed by atoms with Gasteiger partial charge in [-0.1, -0.05) is 44.2 Å². The van der Waals surface area contributed by atoms with Crippen molar-refractivity contribution in [3.8, 4) is 11.5 Å². The van der Waals surface area contributed by atoms with Crippen LogP contribution in [0.4, 0.5) is 5.69 Å². The largest absolute Gasteiger partial charge is 0.489 e. The van der Waals surface area contributed by atoms with E-state index in [1.807, 2.05) is 42.5 Å². The Bertz CT molecular complexity index is 538. The SMILES string of the molecule is CC(C)COc1ccc(N)cc1OCc1ccccc1. The highest BCUT2D eigenvalue weighted by molar-refractivity contribution is 5.52. The molecule has 0 saturated carbocycles. The predicted octanol–water partition coefficient (Wildman–Crippen LogP) is 3.88. The molecule has 3 heteroatoms. The average Bonchev–Trinajstić information content (AvgIpc) is 2.45. The summed E-state index contributed by atoms with van der Waals surface area (Å²) in [5.41, 5.74) is 7.60. The zero-order valence-corrected chi connectivity index (χ0v) is 12.0. The van der Waals surface area contributed by atoms with Crippen LogP contribution in [0.5, 0.6) is 11.5 Å². The summed E-state index contributed by atoms with van der Waals surface area (Å²) >= 11 is 0. The molecule has 3 nitrogen and oxygen atoms in total. The number of benzene rings is 2. The minimum atomic E-state index is 0.467. The normalized spacial score (nSPS) is 10.6. The van der Waals surface area contributed by atoms with Crippen LogP contribution in [-0.2, 0) is 6.61 Å². The van der Waals surface area contributed by atoms with Crippen LogP contribution >= 0.6 is 0 Å². The molecule has 0 unspecified atom stereocenters. The summed E-state index contributed by atoms with van der Waals surface area (Å²) in [7, 11) is 0. The average molecular weight is 271 g/mol. The van der Waals surface area contributed by atoms with Gasteiger partial charge >= 0.3 is 0 Å². The highest BCUT2D eigenvalue weighted by atomic mass is 16.5. The fourth-order valence-electron chi connectivity index (χ4n) is 1.75. The van der Waals surface area contributed by atoms with Crippen molar-refractivity contribution in [1.82, 2.24) is 0 Å². The molecule has 0 bridgehead atoms. The van der Waals surface area contributed by atoms with Crippen LogP contribution in [0, 0.1) is 5.92 Å². The molecule has 0 radical (unpaired) electrons. The van der Waals surface area contributed by atoms with E-state index in [2.05, 4.69) is 13.8 Å². The van der Waals surface area contributed by atoms with Gasteiger partial charge in [-0.05, 0) is 23.6 Å². The van der Waals surface area contributed by atoms with E-state index in [0.29, 0.717) is 30.6 Å². The Labute approximate surface area is 120 Å². The summed E-state index contributed by atoms with van der Waals surface area (Å²) in [6, 6.07) is 15.5. The quantitative estimate of drug-likeness (QED) is 0.811. The maximum absolute atomic E-state index is 5.83. The fourth-order valence-corrected chi connectivity index (χ4v) is 1.75. The van der Waals surface area contributed by atoms with E-state index < -0.39 is 0 Å². The Kier molecular flexibility index (Phi) is 4.88. The molecule has 20 heavy (non-hydrogen) atoms. The van der Waals surface area contributed by atoms with Crippen molar-refractivity contribution in [2.45, 2.75) is 20.5 Å². The third kappa shape index (κ3) is 4.19. The van der Waals surface area contributed by atoms with E-state index >= 15 is 0 Å². The van der Waals surface area contributed by atoms with Gasteiger partial charge in [0.15, 0.2) is 11.5 Å². The molecule has 0 fully saturated rings. The third-order valence-electron chi connectivity index (χ3n) is 2.78. The predicted molar refractivity (Wildman–Crippen MR) is 82.0 cm³/mol. The smallest absolute Gasteiger partial charge is 0.163 e. The van der Waals surface area contributed by atoms with Crippen LogP contribution in [0.15, 0.2) is 48.5 Å². The number of nitrogens with two attached hydrogens (primary N) is 1. The van der Waals surface area contributed by atoms with Gasteiger partial charge in [-0.3, -0.25) is 0 Å². The first-order chi connectivity index (χ1) is 9.65. The lowest BCUT2D eigenvalue weighted by molar-refractivity contribution is 0.240. The van der Waals surface area contributed by atoms with Crippen LogP contribution in [0.25, 0.3) is 0 Å². The lowest BCUT2D eigenvalue weighted by atomic mass is 10.2. The van der Waals surface area contributed by atoms with Crippen molar-refractivity contribution in [3.63, 3.8) is 0 Å². The Balaban J connectivity index is 2.07. The van der Waals surface area contributed by atoms with Gasteiger partial charge in [-0.25, -0.2) is 0 Å². The minimum Gasteiger partial charge on any atom is -0.489 e. The molecule has 0 spiro atoms. The van der Waals surface area contributed by atoms with Crippen LogP contribution in [0.2, 0.25) is 0 Å². The van der Waals surface area contributed by atoms with E-state index in [9.17, 15) is 0 Å². The van der Waals surface area contributed by atoms with Crippen molar-refractivity contribution in [3.05, 3.63) is 54.1 Å². The first kappa shape index (κ1) is 14.3. The monoisotopic (exact) mass is 271 g/mol. The van der Waals surface area contributed by atoms with Gasteiger partial charge in [-0.15, -0.1) is 0 Å². The fraction of sp³-hybridized carbons (Fsp3) is 0.294. The van der Waals surface area contributed by atoms with Crippen molar-refractivity contribution in [2.75, 3.05) is 12.3 Å². The second-order valence-corrected chi connectivity index (χ2v) is 5.19. The first-order valence-corrected chi connectivity index (χ1v) is 6.84. The summed E-state index contributed by atoms with van der Waals surface area (Å²) < 4.78 is 11.6. The molecule has 0 heterocycles. The zero-order chi connectivity index (χ0) is 14.4. The zero-order valence-electron chi connectivity index (χ0n) is 12.0. The summed E-state index contributed by atoms with van der Waals surface area (Å²) in [4.78, 5) is 0. The van der Waals surface area contributed by atoms with Gasteiger partial charge in [0.05, 0.1) is 6.61 Å². The molecule has 2 aromatic carbocycles. The van der Waals surface area contributed by atoms with Crippen molar-refractivity contribution < 1.29 is 9.47 Å². The third-order valence-corrected chi connectivity index (χ3v) is 2.78. The molecule has 2 aromatic rings. The minimum absolute atomic E-state index is 0.467. The maximum atomic E-state index is 5.83. The molecule has 0 aliphatic rings. The van der Waals surface area contributed by atoms with Gasteiger partial charge in [0, 0.05) is 11.8 Å². The Morgan fingerprint density at radius 3 is 2.40 bits per heavy atom. The highest BCUT2D eigenvalue weighted by Gasteiger charge is 2.07. The van der Waals surface area contributed by atoms with E-state index in [-0.39, 0.29) is 0 Å². The Hall–Kier alpha value is -2.16. The van der Waals surface area contributed by atoms with E-state index in [1.54, 1.807) is 6.07 Å².